The third kappa shape index (κ3) is 7.37. The number of rotatable bonds is 10. The van der Waals surface area contributed by atoms with Gasteiger partial charge < -0.3 is 16.0 Å². The minimum absolute atomic E-state index is 0.0617. The maximum absolute atomic E-state index is 13.7. The Hall–Kier alpha value is -2.59. The van der Waals surface area contributed by atoms with Crippen molar-refractivity contribution in [3.05, 3.63) is 80.4 Å². The van der Waals surface area contributed by atoms with Gasteiger partial charge in [0.25, 0.3) is 5.91 Å². The molecule has 1 saturated carbocycles. The summed E-state index contributed by atoms with van der Waals surface area (Å²) in [6.07, 6.45) is 5.74. The predicted molar refractivity (Wildman–Crippen MR) is 160 cm³/mol. The smallest absolute Gasteiger partial charge is 0.264 e. The molecule has 0 bridgehead atoms. The van der Waals surface area contributed by atoms with E-state index in [1.54, 1.807) is 16.2 Å². The molecule has 2 aromatic heterocycles. The molecule has 2 atom stereocenters. The molecule has 1 aliphatic carbocycles. The molecule has 9 heteroatoms. The zero-order valence-corrected chi connectivity index (χ0v) is 24.5. The van der Waals surface area contributed by atoms with E-state index in [1.807, 2.05) is 29.6 Å². The second-order valence-electron chi connectivity index (χ2n) is 11.1. The topological polar surface area (TPSA) is 78.7 Å². The fraction of sp³-hybridized carbons (Fsp3) is 0.484. The number of carbonyl (C=O) groups excluding carboxylic acids is 2. The Bertz CT molecular complexity index is 1210. The third-order valence-corrected chi connectivity index (χ3v) is 10.2. The maximum Gasteiger partial charge on any atom is 0.264 e. The lowest BCUT2D eigenvalue weighted by Crippen LogP contribution is -2.57. The van der Waals surface area contributed by atoms with Gasteiger partial charge in [0.15, 0.2) is 0 Å². The number of nitrogens with zero attached hydrogens (tertiary/aromatic N) is 2. The van der Waals surface area contributed by atoms with Crippen molar-refractivity contribution in [3.63, 3.8) is 0 Å². The van der Waals surface area contributed by atoms with Crippen LogP contribution in [-0.4, -0.2) is 53.3 Å². The van der Waals surface area contributed by atoms with Gasteiger partial charge in [-0.2, -0.15) is 0 Å². The average Bonchev–Trinajstić information content (AvgIpc) is 3.71. The van der Waals surface area contributed by atoms with Crippen LogP contribution in [0.3, 0.4) is 0 Å². The van der Waals surface area contributed by atoms with Crippen LogP contribution in [0.5, 0.6) is 0 Å². The number of benzene rings is 1. The van der Waals surface area contributed by atoms with Gasteiger partial charge in [0.05, 0.1) is 4.88 Å². The van der Waals surface area contributed by atoms with Crippen LogP contribution in [0.4, 0.5) is 4.39 Å². The molecule has 1 aliphatic heterocycles. The minimum Gasteiger partial charge on any atom is -0.354 e. The van der Waals surface area contributed by atoms with Gasteiger partial charge in [0.2, 0.25) is 5.91 Å². The maximum atomic E-state index is 13.7. The summed E-state index contributed by atoms with van der Waals surface area (Å²) in [6.45, 7) is 3.30. The van der Waals surface area contributed by atoms with Gasteiger partial charge in [0, 0.05) is 37.1 Å². The molecule has 6 nitrogen and oxygen atoms in total. The van der Waals surface area contributed by atoms with E-state index in [4.69, 9.17) is 5.73 Å². The Kier molecular flexibility index (Phi) is 10.0. The number of likely N-dealkylation sites (tertiary alicyclic amines) is 1. The zero-order valence-electron chi connectivity index (χ0n) is 22.8. The Labute approximate surface area is 244 Å². The van der Waals surface area contributed by atoms with Crippen molar-refractivity contribution < 1.29 is 14.0 Å². The van der Waals surface area contributed by atoms with Crippen molar-refractivity contribution in [3.8, 4) is 0 Å². The number of hydrogen-bond acceptors (Lipinski definition) is 6. The predicted octanol–water partition coefficient (Wildman–Crippen LogP) is 5.51. The van der Waals surface area contributed by atoms with Gasteiger partial charge in [0.1, 0.15) is 11.9 Å². The number of nitrogens with two attached hydrogens (primary N) is 1. The van der Waals surface area contributed by atoms with Crippen LogP contribution in [-0.2, 0) is 17.9 Å². The highest BCUT2D eigenvalue weighted by Gasteiger charge is 2.39. The highest BCUT2D eigenvalue weighted by Crippen LogP contribution is 2.30. The standard InChI is InChI=1S/C31H39FN4O2S2/c32-25-11-9-24(10-12-25)20-35(21-27-3-1-15-39-27)26-13-14-36(31(38)29-4-2-16-40-29)28(17-26)30(37)34-19-23-7-5-22(18-33)6-8-23/h1-4,9-12,15-16,22-23,26,28H,5-8,13-14,17-21,33H2,(H,34,37)/t22?,23?,26?,28-/m1/s1. The fourth-order valence-electron chi connectivity index (χ4n) is 6.09. The first-order valence-corrected chi connectivity index (χ1v) is 16.1. The lowest BCUT2D eigenvalue weighted by atomic mass is 9.82. The number of piperidine rings is 1. The van der Waals surface area contributed by atoms with E-state index < -0.39 is 6.04 Å². The average molecular weight is 583 g/mol. The first-order valence-electron chi connectivity index (χ1n) is 14.3. The molecule has 0 radical (unpaired) electrons. The highest BCUT2D eigenvalue weighted by molar-refractivity contribution is 7.12. The molecule has 2 amide bonds. The van der Waals surface area contributed by atoms with Crippen LogP contribution in [0.25, 0.3) is 0 Å². The lowest BCUT2D eigenvalue weighted by Gasteiger charge is -2.43. The van der Waals surface area contributed by atoms with E-state index in [0.29, 0.717) is 42.8 Å². The van der Waals surface area contributed by atoms with E-state index in [1.165, 1.54) is 28.3 Å². The second-order valence-corrected chi connectivity index (χ2v) is 13.1. The number of amides is 2. The Morgan fingerprint density at radius 3 is 2.35 bits per heavy atom. The summed E-state index contributed by atoms with van der Waals surface area (Å²) in [5, 5.41) is 7.20. The number of halogens is 1. The molecule has 3 heterocycles. The Morgan fingerprint density at radius 2 is 1.68 bits per heavy atom. The third-order valence-electron chi connectivity index (χ3n) is 8.49. The molecule has 1 saturated heterocycles. The van der Waals surface area contributed by atoms with Crippen LogP contribution in [0.2, 0.25) is 0 Å². The van der Waals surface area contributed by atoms with Crippen molar-refractivity contribution >= 4 is 34.5 Å². The molecule has 214 valence electrons. The van der Waals surface area contributed by atoms with Crippen molar-refractivity contribution in [1.29, 1.82) is 0 Å². The Morgan fingerprint density at radius 1 is 0.950 bits per heavy atom. The van der Waals surface area contributed by atoms with Gasteiger partial charge in [-0.25, -0.2) is 4.39 Å². The quantitative estimate of drug-likeness (QED) is 0.331. The molecule has 1 unspecified atom stereocenters. The molecule has 0 spiro atoms. The summed E-state index contributed by atoms with van der Waals surface area (Å²) < 4.78 is 13.6. The summed E-state index contributed by atoms with van der Waals surface area (Å²) in [5.41, 5.74) is 6.89. The largest absolute Gasteiger partial charge is 0.354 e. The van der Waals surface area contributed by atoms with Crippen LogP contribution in [0, 0.1) is 17.7 Å². The van der Waals surface area contributed by atoms with Crippen LogP contribution < -0.4 is 11.1 Å². The number of hydrogen-bond donors (Lipinski definition) is 2. The van der Waals surface area contributed by atoms with E-state index in [0.717, 1.165) is 50.8 Å². The molecule has 1 aromatic carbocycles. The lowest BCUT2D eigenvalue weighted by molar-refractivity contribution is -0.128. The molecule has 2 aliphatic rings. The number of nitrogens with one attached hydrogen (secondary N) is 1. The van der Waals surface area contributed by atoms with Crippen molar-refractivity contribution in [1.82, 2.24) is 15.1 Å². The van der Waals surface area contributed by atoms with Gasteiger partial charge in [-0.3, -0.25) is 14.5 Å². The van der Waals surface area contributed by atoms with E-state index in [-0.39, 0.29) is 23.7 Å². The van der Waals surface area contributed by atoms with Gasteiger partial charge in [-0.15, -0.1) is 22.7 Å². The van der Waals surface area contributed by atoms with Crippen molar-refractivity contribution in [2.75, 3.05) is 19.6 Å². The normalized spacial score (nSPS) is 23.3. The summed E-state index contributed by atoms with van der Waals surface area (Å²) in [6, 6.07) is 14.1. The summed E-state index contributed by atoms with van der Waals surface area (Å²) >= 11 is 3.13. The minimum atomic E-state index is -0.534. The van der Waals surface area contributed by atoms with Gasteiger partial charge in [-0.05, 0) is 97.5 Å². The highest BCUT2D eigenvalue weighted by atomic mass is 32.1. The molecule has 2 fully saturated rings. The summed E-state index contributed by atoms with van der Waals surface area (Å²) in [5.74, 6) is 0.679. The number of thiophene rings is 2. The van der Waals surface area contributed by atoms with E-state index in [9.17, 15) is 14.0 Å². The van der Waals surface area contributed by atoms with E-state index >= 15 is 0 Å². The van der Waals surface area contributed by atoms with E-state index in [2.05, 4.69) is 27.7 Å². The zero-order chi connectivity index (χ0) is 27.9. The fourth-order valence-corrected chi connectivity index (χ4v) is 7.50. The Balaban J connectivity index is 1.32. The van der Waals surface area contributed by atoms with Crippen LogP contribution in [0.15, 0.2) is 59.3 Å². The molecule has 3 N–H and O–H groups in total. The monoisotopic (exact) mass is 582 g/mol. The molecule has 3 aromatic rings. The van der Waals surface area contributed by atoms with Crippen LogP contribution in [0.1, 0.15) is 58.6 Å². The SMILES string of the molecule is NCC1CCC(CNC(=O)[C@H]2CC(N(Cc3ccc(F)cc3)Cc3cccs3)CCN2C(=O)c2cccs2)CC1. The summed E-state index contributed by atoms with van der Waals surface area (Å²) in [7, 11) is 0. The summed E-state index contributed by atoms with van der Waals surface area (Å²) in [4.78, 5) is 33.3. The van der Waals surface area contributed by atoms with Crippen molar-refractivity contribution in [2.45, 2.75) is 63.7 Å². The first-order chi connectivity index (χ1) is 19.5. The van der Waals surface area contributed by atoms with Gasteiger partial charge >= 0.3 is 0 Å². The van der Waals surface area contributed by atoms with Gasteiger partial charge in [-0.1, -0.05) is 24.3 Å². The molecular formula is C31H39FN4O2S2. The number of carbonyl (C=O) groups is 2. The van der Waals surface area contributed by atoms with Crippen LogP contribution >= 0.6 is 22.7 Å². The molecule has 5 rings (SSSR count). The second kappa shape index (κ2) is 13.9. The van der Waals surface area contributed by atoms with Crippen molar-refractivity contribution in [2.24, 2.45) is 17.6 Å². The molecular weight excluding hydrogens is 543 g/mol. The molecule has 40 heavy (non-hydrogen) atoms. The first kappa shape index (κ1) is 28.9.